The maximum Gasteiger partial charge on any atom is 0.334 e. The zero-order valence-corrected chi connectivity index (χ0v) is 18.0. The number of carbonyl (C=O) groups excluding carboxylic acids is 1. The largest absolute Gasteiger partial charge is 0.508 e. The number of hydrogen-bond donors (Lipinski definition) is 2. The van der Waals surface area contributed by atoms with E-state index >= 15 is 0 Å². The van der Waals surface area contributed by atoms with Crippen molar-refractivity contribution in [3.05, 3.63) is 87.6 Å². The van der Waals surface area contributed by atoms with Gasteiger partial charge in [0, 0.05) is 29.2 Å². The highest BCUT2D eigenvalue weighted by Gasteiger charge is 2.30. The van der Waals surface area contributed by atoms with Gasteiger partial charge in [-0.2, -0.15) is 5.26 Å². The Balaban J connectivity index is 2.66. The van der Waals surface area contributed by atoms with Crippen molar-refractivity contribution in [2.24, 2.45) is 5.73 Å². The highest BCUT2D eigenvalue weighted by atomic mass is 16.5. The van der Waals surface area contributed by atoms with Gasteiger partial charge >= 0.3 is 5.97 Å². The summed E-state index contributed by atoms with van der Waals surface area (Å²) in [6.45, 7) is 11.3. The van der Waals surface area contributed by atoms with Crippen molar-refractivity contribution < 1.29 is 14.6 Å². The molecule has 0 spiro atoms. The number of ether oxygens (including phenoxy) is 1. The Bertz CT molecular complexity index is 1040. The quantitative estimate of drug-likeness (QED) is 0.512. The van der Waals surface area contributed by atoms with Gasteiger partial charge in [-0.3, -0.25) is 0 Å². The van der Waals surface area contributed by atoms with Gasteiger partial charge in [0.2, 0.25) is 0 Å². The second-order valence-electron chi connectivity index (χ2n) is 7.64. The average Bonchev–Trinajstić information content (AvgIpc) is 2.67. The molecule has 0 fully saturated rings. The van der Waals surface area contributed by atoms with Crippen LogP contribution >= 0.6 is 0 Å². The number of carbonyl (C=O) groups is 1. The van der Waals surface area contributed by atoms with Gasteiger partial charge in [-0.25, -0.2) is 4.79 Å². The summed E-state index contributed by atoms with van der Waals surface area (Å²) in [5, 5.41) is 19.9. The zero-order chi connectivity index (χ0) is 22.4. The summed E-state index contributed by atoms with van der Waals surface area (Å²) >= 11 is 0. The number of nitrogens with two attached hydrogens (primary N) is 1. The Kier molecular flexibility index (Phi) is 7.43. The lowest BCUT2D eigenvalue weighted by Gasteiger charge is -2.25. The Morgan fingerprint density at radius 3 is 2.47 bits per heavy atom. The molecule has 0 aliphatic heterocycles. The second kappa shape index (κ2) is 9.80. The van der Waals surface area contributed by atoms with E-state index in [1.165, 1.54) is 0 Å². The van der Waals surface area contributed by atoms with Crippen LogP contribution in [-0.4, -0.2) is 17.7 Å². The van der Waals surface area contributed by atoms with Gasteiger partial charge in [-0.15, -0.1) is 0 Å². The molecule has 2 aromatic carbocycles. The van der Waals surface area contributed by atoms with Crippen LogP contribution in [0, 0.1) is 25.2 Å². The van der Waals surface area contributed by atoms with Crippen LogP contribution in [0.2, 0.25) is 0 Å². The number of benzene rings is 2. The van der Waals surface area contributed by atoms with Crippen molar-refractivity contribution in [2.75, 3.05) is 6.61 Å². The number of esters is 1. The Morgan fingerprint density at radius 2 is 1.90 bits per heavy atom. The fourth-order valence-corrected chi connectivity index (χ4v) is 3.42. The number of nitriles is 1. The van der Waals surface area contributed by atoms with E-state index in [9.17, 15) is 15.2 Å². The van der Waals surface area contributed by atoms with E-state index in [-0.39, 0.29) is 12.4 Å². The molecular formula is C25H28N2O3. The fourth-order valence-electron chi connectivity index (χ4n) is 3.42. The summed E-state index contributed by atoms with van der Waals surface area (Å²) in [5.41, 5.74) is 11.0. The number of aryl methyl sites for hydroxylation is 2. The highest BCUT2D eigenvalue weighted by Crippen LogP contribution is 2.40. The lowest BCUT2D eigenvalue weighted by atomic mass is 9.80. The molecule has 0 aliphatic rings. The molecule has 0 heterocycles. The smallest absolute Gasteiger partial charge is 0.334 e. The number of nitrogens with zero attached hydrogens (tertiary/aromatic N) is 1. The van der Waals surface area contributed by atoms with Crippen LogP contribution in [0.3, 0.4) is 0 Å². The molecule has 1 atom stereocenters. The average molecular weight is 405 g/mol. The van der Waals surface area contributed by atoms with E-state index in [1.54, 1.807) is 18.2 Å². The van der Waals surface area contributed by atoms with Crippen molar-refractivity contribution in [2.45, 2.75) is 40.0 Å². The first-order valence-corrected chi connectivity index (χ1v) is 9.73. The van der Waals surface area contributed by atoms with Crippen molar-refractivity contribution in [1.82, 2.24) is 0 Å². The molecule has 0 saturated carbocycles. The minimum atomic E-state index is -0.545. The summed E-state index contributed by atoms with van der Waals surface area (Å²) in [4.78, 5) is 13.1. The third-order valence-electron chi connectivity index (χ3n) is 4.91. The summed E-state index contributed by atoms with van der Waals surface area (Å²) in [7, 11) is 0. The molecule has 156 valence electrons. The molecule has 3 N–H and O–H groups in total. The van der Waals surface area contributed by atoms with E-state index < -0.39 is 11.9 Å². The molecule has 0 bridgehead atoms. The van der Waals surface area contributed by atoms with Crippen LogP contribution in [0.25, 0.3) is 0 Å². The molecule has 0 saturated heterocycles. The molecule has 0 aliphatic carbocycles. The molecular weight excluding hydrogens is 376 g/mol. The standard InChI is InChI=1S/C25H28N2O3/c1-15(2)23(25(29)30-11-10-18(5)27)24(21-12-16(3)6-9-22(21)28)20-8-7-19(14-26)13-17(20)4/h6-9,12-13,24,28H,5,10-11,27H2,1-4H3/t24-/m0/s1. The monoisotopic (exact) mass is 404 g/mol. The lowest BCUT2D eigenvalue weighted by molar-refractivity contribution is -0.139. The molecule has 2 rings (SSSR count). The van der Waals surface area contributed by atoms with Gasteiger partial charge in [-0.1, -0.05) is 35.9 Å². The molecule has 5 heteroatoms. The van der Waals surface area contributed by atoms with Gasteiger partial charge in [-0.05, 0) is 57.0 Å². The first-order chi connectivity index (χ1) is 14.1. The molecule has 2 aromatic rings. The van der Waals surface area contributed by atoms with Gasteiger partial charge in [0.25, 0.3) is 0 Å². The molecule has 30 heavy (non-hydrogen) atoms. The number of phenols is 1. The first-order valence-electron chi connectivity index (χ1n) is 9.73. The van der Waals surface area contributed by atoms with Crippen molar-refractivity contribution >= 4 is 5.97 Å². The Labute approximate surface area is 178 Å². The predicted octanol–water partition coefficient (Wildman–Crippen LogP) is 4.75. The van der Waals surface area contributed by atoms with Crippen LogP contribution in [0.15, 0.2) is 59.8 Å². The zero-order valence-electron chi connectivity index (χ0n) is 18.0. The van der Waals surface area contributed by atoms with Crippen LogP contribution in [-0.2, 0) is 9.53 Å². The van der Waals surface area contributed by atoms with E-state index in [0.29, 0.717) is 28.8 Å². The normalized spacial score (nSPS) is 11.3. The molecule has 0 aromatic heterocycles. The minimum Gasteiger partial charge on any atom is -0.508 e. The maximum atomic E-state index is 13.1. The topological polar surface area (TPSA) is 96.3 Å². The lowest BCUT2D eigenvalue weighted by Crippen LogP contribution is -2.19. The number of rotatable bonds is 7. The summed E-state index contributed by atoms with van der Waals surface area (Å²) in [5.74, 6) is -0.918. The predicted molar refractivity (Wildman–Crippen MR) is 118 cm³/mol. The fraction of sp³-hybridized carbons (Fsp3) is 0.280. The van der Waals surface area contributed by atoms with Crippen LogP contribution in [0.1, 0.15) is 54.0 Å². The molecule has 5 nitrogen and oxygen atoms in total. The van der Waals surface area contributed by atoms with Crippen molar-refractivity contribution in [1.29, 1.82) is 5.26 Å². The van der Waals surface area contributed by atoms with Crippen LogP contribution in [0.4, 0.5) is 0 Å². The first kappa shape index (κ1) is 22.8. The van der Waals surface area contributed by atoms with Gasteiger partial charge in [0.05, 0.1) is 18.2 Å². The summed E-state index contributed by atoms with van der Waals surface area (Å²) in [6.07, 6.45) is 0.373. The van der Waals surface area contributed by atoms with Crippen molar-refractivity contribution in [3.63, 3.8) is 0 Å². The Morgan fingerprint density at radius 1 is 1.20 bits per heavy atom. The molecule has 0 radical (unpaired) electrons. The summed E-state index contributed by atoms with van der Waals surface area (Å²) in [6, 6.07) is 12.8. The second-order valence-corrected chi connectivity index (χ2v) is 7.64. The molecule has 0 unspecified atom stereocenters. The molecule has 0 amide bonds. The third kappa shape index (κ3) is 5.30. The maximum absolute atomic E-state index is 13.1. The number of hydrogen-bond acceptors (Lipinski definition) is 5. The number of aromatic hydroxyl groups is 1. The van der Waals surface area contributed by atoms with Crippen LogP contribution < -0.4 is 5.73 Å². The summed E-state index contributed by atoms with van der Waals surface area (Å²) < 4.78 is 5.48. The van der Waals surface area contributed by atoms with E-state index in [1.807, 2.05) is 45.9 Å². The van der Waals surface area contributed by atoms with E-state index in [4.69, 9.17) is 10.5 Å². The van der Waals surface area contributed by atoms with Crippen molar-refractivity contribution in [3.8, 4) is 11.8 Å². The minimum absolute atomic E-state index is 0.0937. The van der Waals surface area contributed by atoms with Gasteiger partial charge < -0.3 is 15.6 Å². The highest BCUT2D eigenvalue weighted by molar-refractivity contribution is 5.92. The van der Waals surface area contributed by atoms with Gasteiger partial charge in [0.15, 0.2) is 0 Å². The van der Waals surface area contributed by atoms with Crippen LogP contribution in [0.5, 0.6) is 5.75 Å². The van der Waals surface area contributed by atoms with Gasteiger partial charge in [0.1, 0.15) is 5.75 Å². The van der Waals surface area contributed by atoms with E-state index in [2.05, 4.69) is 12.6 Å². The number of phenolic OH excluding ortho intramolecular Hbond substituents is 1. The number of allylic oxidation sites excluding steroid dienone is 1. The SMILES string of the molecule is C=C(N)CCOC(=O)C(=C(C)C)[C@@H](c1ccc(C#N)cc1C)c1cc(C)ccc1O. The Hall–Kier alpha value is -3.52. The third-order valence-corrected chi connectivity index (χ3v) is 4.91. The van der Waals surface area contributed by atoms with E-state index in [0.717, 1.165) is 22.3 Å².